The lowest BCUT2D eigenvalue weighted by Crippen LogP contribution is -2.49. The van der Waals surface area contributed by atoms with Crippen molar-refractivity contribution in [3.8, 4) is 0 Å². The van der Waals surface area contributed by atoms with E-state index in [2.05, 4.69) is 25.7 Å². The predicted molar refractivity (Wildman–Crippen MR) is 87.4 cm³/mol. The molecule has 21 heavy (non-hydrogen) atoms. The second-order valence-electron chi connectivity index (χ2n) is 7.21. The molecule has 0 aromatic carbocycles. The number of nitrogens with one attached hydrogen (secondary N) is 1. The molecule has 0 aromatic heterocycles. The maximum absolute atomic E-state index is 12.2. The summed E-state index contributed by atoms with van der Waals surface area (Å²) in [5, 5.41) is 3.61. The molecule has 122 valence electrons. The molecule has 4 heteroatoms. The first-order valence-corrected chi connectivity index (χ1v) is 8.08. The largest absolute Gasteiger partial charge is 0.444 e. The van der Waals surface area contributed by atoms with E-state index in [1.807, 2.05) is 31.7 Å². The van der Waals surface area contributed by atoms with Gasteiger partial charge in [-0.05, 0) is 59.8 Å². The standard InChI is InChI=1S/C17H32N2O2/c1-7-9-13(2)18-14(3)15-10-8-11-19(12-15)16(20)21-17(4,5)6/h7,13-15,18H,1,8-12H2,2-6H3. The summed E-state index contributed by atoms with van der Waals surface area (Å²) in [4.78, 5) is 14.0. The van der Waals surface area contributed by atoms with Crippen LogP contribution < -0.4 is 5.32 Å². The Hall–Kier alpha value is -1.03. The summed E-state index contributed by atoms with van der Waals surface area (Å²) in [5.74, 6) is 0.485. The van der Waals surface area contributed by atoms with Crippen molar-refractivity contribution in [3.63, 3.8) is 0 Å². The van der Waals surface area contributed by atoms with Gasteiger partial charge in [-0.25, -0.2) is 4.79 Å². The van der Waals surface area contributed by atoms with Crippen LogP contribution in [0.4, 0.5) is 4.79 Å². The van der Waals surface area contributed by atoms with Crippen LogP contribution in [0.5, 0.6) is 0 Å². The molecule has 1 heterocycles. The van der Waals surface area contributed by atoms with E-state index in [9.17, 15) is 4.79 Å². The number of likely N-dealkylation sites (tertiary alicyclic amines) is 1. The molecular formula is C17H32N2O2. The SMILES string of the molecule is C=CCC(C)NC(C)C1CCCN(C(=O)OC(C)(C)C)C1. The second-order valence-corrected chi connectivity index (χ2v) is 7.21. The zero-order valence-corrected chi connectivity index (χ0v) is 14.3. The first-order valence-electron chi connectivity index (χ1n) is 8.08. The molecule has 0 saturated carbocycles. The van der Waals surface area contributed by atoms with Crippen LogP contribution in [0.2, 0.25) is 0 Å². The Morgan fingerprint density at radius 1 is 1.48 bits per heavy atom. The fourth-order valence-corrected chi connectivity index (χ4v) is 2.81. The van der Waals surface area contributed by atoms with Gasteiger partial charge >= 0.3 is 6.09 Å². The number of ether oxygens (including phenoxy) is 1. The number of carbonyl (C=O) groups excluding carboxylic acids is 1. The van der Waals surface area contributed by atoms with Gasteiger partial charge in [-0.15, -0.1) is 6.58 Å². The lowest BCUT2D eigenvalue weighted by molar-refractivity contribution is 0.0147. The Morgan fingerprint density at radius 2 is 2.14 bits per heavy atom. The molecule has 1 N–H and O–H groups in total. The summed E-state index contributed by atoms with van der Waals surface area (Å²) >= 11 is 0. The van der Waals surface area contributed by atoms with Crippen molar-refractivity contribution in [2.75, 3.05) is 13.1 Å². The van der Waals surface area contributed by atoms with E-state index in [4.69, 9.17) is 4.74 Å². The number of piperidine rings is 1. The topological polar surface area (TPSA) is 41.6 Å². The number of hydrogen-bond donors (Lipinski definition) is 1. The highest BCUT2D eigenvalue weighted by Gasteiger charge is 2.30. The molecule has 4 nitrogen and oxygen atoms in total. The third-order valence-electron chi connectivity index (χ3n) is 3.88. The van der Waals surface area contributed by atoms with Gasteiger partial charge in [-0.2, -0.15) is 0 Å². The first kappa shape index (κ1) is 18.0. The summed E-state index contributed by atoms with van der Waals surface area (Å²) in [6.07, 6.45) is 4.93. The van der Waals surface area contributed by atoms with Gasteiger partial charge in [-0.3, -0.25) is 0 Å². The number of amides is 1. The van der Waals surface area contributed by atoms with E-state index in [-0.39, 0.29) is 6.09 Å². The molecule has 0 aliphatic carbocycles. The second kappa shape index (κ2) is 7.83. The zero-order valence-electron chi connectivity index (χ0n) is 14.3. The molecule has 1 rings (SSSR count). The van der Waals surface area contributed by atoms with Crippen molar-refractivity contribution in [2.24, 2.45) is 5.92 Å². The van der Waals surface area contributed by atoms with Crippen LogP contribution in [-0.4, -0.2) is 41.8 Å². The third kappa shape index (κ3) is 6.51. The van der Waals surface area contributed by atoms with Gasteiger partial charge in [0.15, 0.2) is 0 Å². The van der Waals surface area contributed by atoms with E-state index < -0.39 is 5.60 Å². The fraction of sp³-hybridized carbons (Fsp3) is 0.824. The average Bonchev–Trinajstić information content (AvgIpc) is 2.37. The van der Waals surface area contributed by atoms with Crippen LogP contribution in [-0.2, 0) is 4.74 Å². The molecule has 1 aliphatic rings. The van der Waals surface area contributed by atoms with Gasteiger partial charge in [0.1, 0.15) is 5.60 Å². The minimum atomic E-state index is -0.424. The number of hydrogen-bond acceptors (Lipinski definition) is 3. The zero-order chi connectivity index (χ0) is 16.0. The number of rotatable bonds is 5. The Morgan fingerprint density at radius 3 is 2.71 bits per heavy atom. The number of carbonyl (C=O) groups is 1. The highest BCUT2D eigenvalue weighted by molar-refractivity contribution is 5.68. The van der Waals surface area contributed by atoms with Crippen LogP contribution in [0.3, 0.4) is 0 Å². The molecule has 3 unspecified atom stereocenters. The van der Waals surface area contributed by atoms with Crippen LogP contribution >= 0.6 is 0 Å². The number of nitrogens with zero attached hydrogens (tertiary/aromatic N) is 1. The van der Waals surface area contributed by atoms with Crippen LogP contribution in [0, 0.1) is 5.92 Å². The van der Waals surface area contributed by atoms with Crippen molar-refractivity contribution in [3.05, 3.63) is 12.7 Å². The summed E-state index contributed by atoms with van der Waals surface area (Å²) < 4.78 is 5.48. The Labute approximate surface area is 129 Å². The van der Waals surface area contributed by atoms with E-state index in [0.29, 0.717) is 18.0 Å². The summed E-state index contributed by atoms with van der Waals surface area (Å²) in [7, 11) is 0. The van der Waals surface area contributed by atoms with Gasteiger partial charge < -0.3 is 15.0 Å². The molecule has 1 aliphatic heterocycles. The molecular weight excluding hydrogens is 264 g/mol. The molecule has 1 saturated heterocycles. The Balaban J connectivity index is 2.51. The minimum Gasteiger partial charge on any atom is -0.444 e. The van der Waals surface area contributed by atoms with Gasteiger partial charge in [0.05, 0.1) is 0 Å². The molecule has 3 atom stereocenters. The van der Waals surface area contributed by atoms with Gasteiger partial charge in [-0.1, -0.05) is 6.08 Å². The van der Waals surface area contributed by atoms with Crippen molar-refractivity contribution >= 4 is 6.09 Å². The van der Waals surface area contributed by atoms with Crippen LogP contribution in [0.25, 0.3) is 0 Å². The summed E-state index contributed by atoms with van der Waals surface area (Å²) in [6, 6.07) is 0.819. The van der Waals surface area contributed by atoms with Gasteiger partial charge in [0.2, 0.25) is 0 Å². The van der Waals surface area contributed by atoms with E-state index in [1.54, 1.807) is 0 Å². The first-order chi connectivity index (χ1) is 9.73. The molecule has 1 amide bonds. The van der Waals surface area contributed by atoms with Crippen LogP contribution in [0.15, 0.2) is 12.7 Å². The van der Waals surface area contributed by atoms with E-state index in [0.717, 1.165) is 32.4 Å². The lowest BCUT2D eigenvalue weighted by atomic mass is 9.91. The van der Waals surface area contributed by atoms with E-state index in [1.165, 1.54) is 0 Å². The van der Waals surface area contributed by atoms with Crippen molar-refractivity contribution < 1.29 is 9.53 Å². The quantitative estimate of drug-likeness (QED) is 0.789. The highest BCUT2D eigenvalue weighted by Crippen LogP contribution is 2.22. The smallest absolute Gasteiger partial charge is 0.410 e. The third-order valence-corrected chi connectivity index (χ3v) is 3.88. The monoisotopic (exact) mass is 296 g/mol. The molecule has 0 bridgehead atoms. The van der Waals surface area contributed by atoms with Crippen molar-refractivity contribution in [1.29, 1.82) is 0 Å². The summed E-state index contributed by atoms with van der Waals surface area (Å²) in [6.45, 7) is 15.5. The fourth-order valence-electron chi connectivity index (χ4n) is 2.81. The maximum Gasteiger partial charge on any atom is 0.410 e. The maximum atomic E-state index is 12.2. The molecule has 0 spiro atoms. The predicted octanol–water partition coefficient (Wildman–Crippen LogP) is 3.58. The molecule has 0 aromatic rings. The average molecular weight is 296 g/mol. The molecule has 0 radical (unpaired) electrons. The lowest BCUT2D eigenvalue weighted by Gasteiger charge is -2.37. The van der Waals surface area contributed by atoms with Crippen molar-refractivity contribution in [2.45, 2.75) is 71.6 Å². The Bertz CT molecular complexity index is 349. The minimum absolute atomic E-state index is 0.182. The van der Waals surface area contributed by atoms with Crippen LogP contribution in [0.1, 0.15) is 53.9 Å². The Kier molecular flexibility index (Phi) is 6.72. The van der Waals surface area contributed by atoms with E-state index >= 15 is 0 Å². The van der Waals surface area contributed by atoms with Gasteiger partial charge in [0, 0.05) is 25.2 Å². The normalized spacial score (nSPS) is 22.5. The highest BCUT2D eigenvalue weighted by atomic mass is 16.6. The molecule has 1 fully saturated rings. The van der Waals surface area contributed by atoms with Crippen molar-refractivity contribution in [1.82, 2.24) is 10.2 Å². The summed E-state index contributed by atoms with van der Waals surface area (Å²) in [5.41, 5.74) is -0.424. The van der Waals surface area contributed by atoms with Gasteiger partial charge in [0.25, 0.3) is 0 Å².